The van der Waals surface area contributed by atoms with E-state index in [0.29, 0.717) is 21.8 Å². The molecule has 90 valence electrons. The molecule has 1 unspecified atom stereocenters. The minimum absolute atomic E-state index is 0.163. The molecule has 2 aromatic rings. The normalized spacial score (nSPS) is 12.8. The monoisotopic (exact) mass is 270 g/mol. The lowest BCUT2D eigenvalue weighted by Crippen LogP contribution is -2.14. The summed E-state index contributed by atoms with van der Waals surface area (Å²) in [4.78, 5) is 29.2. The van der Waals surface area contributed by atoms with Crippen LogP contribution in [0.3, 0.4) is 0 Å². The van der Waals surface area contributed by atoms with Crippen LogP contribution in [0.5, 0.6) is 0 Å². The number of nitrogens with zero attached hydrogens (tertiary/aromatic N) is 1. The summed E-state index contributed by atoms with van der Waals surface area (Å²) in [6, 6.07) is 1.78. The summed E-state index contributed by atoms with van der Waals surface area (Å²) < 4.78 is 0.602. The number of hydrogen-bond acceptors (Lipinski definition) is 5. The van der Waals surface area contributed by atoms with Crippen LogP contribution in [-0.4, -0.2) is 26.3 Å². The zero-order valence-electron chi connectivity index (χ0n) is 8.97. The number of thiophene rings is 1. The number of carbonyl (C=O) groups is 1. The summed E-state index contributed by atoms with van der Waals surface area (Å²) >= 11 is 2.57. The summed E-state index contributed by atoms with van der Waals surface area (Å²) in [6.07, 6.45) is 0. The molecule has 7 heteroatoms. The van der Waals surface area contributed by atoms with E-state index in [0.717, 1.165) is 0 Å². The number of H-pyrrole nitrogens is 1. The maximum Gasteiger partial charge on any atom is 0.316 e. The van der Waals surface area contributed by atoms with Gasteiger partial charge in [0, 0.05) is 0 Å². The molecule has 0 spiro atoms. The van der Waals surface area contributed by atoms with Gasteiger partial charge in [-0.25, -0.2) is 4.98 Å². The molecular formula is C10H10N2O3S2. The second-order valence-electron chi connectivity index (χ2n) is 3.44. The maximum absolute atomic E-state index is 11.6. The molecular weight excluding hydrogens is 260 g/mol. The first-order valence-electron chi connectivity index (χ1n) is 4.88. The number of aliphatic carboxylic acids is 1. The minimum Gasteiger partial charge on any atom is -0.480 e. The van der Waals surface area contributed by atoms with E-state index in [1.54, 1.807) is 13.0 Å². The number of nitrogens with one attached hydrogen (secondary N) is 1. The van der Waals surface area contributed by atoms with Gasteiger partial charge in [0.2, 0.25) is 0 Å². The lowest BCUT2D eigenvalue weighted by atomic mass is 10.4. The lowest BCUT2D eigenvalue weighted by molar-refractivity contribution is -0.136. The Bertz CT molecular complexity index is 605. The van der Waals surface area contributed by atoms with Crippen molar-refractivity contribution in [3.8, 4) is 0 Å². The van der Waals surface area contributed by atoms with Crippen LogP contribution < -0.4 is 5.56 Å². The molecule has 0 radical (unpaired) electrons. The van der Waals surface area contributed by atoms with Gasteiger partial charge in [0.15, 0.2) is 0 Å². The van der Waals surface area contributed by atoms with Crippen molar-refractivity contribution >= 4 is 39.3 Å². The van der Waals surface area contributed by atoms with E-state index in [1.807, 2.05) is 5.38 Å². The van der Waals surface area contributed by atoms with Crippen LogP contribution in [-0.2, 0) is 10.5 Å². The van der Waals surface area contributed by atoms with Gasteiger partial charge in [0.25, 0.3) is 5.56 Å². The van der Waals surface area contributed by atoms with Crippen LogP contribution in [0, 0.1) is 0 Å². The molecule has 0 bridgehead atoms. The first-order chi connectivity index (χ1) is 8.08. The van der Waals surface area contributed by atoms with E-state index in [4.69, 9.17) is 5.11 Å². The second-order valence-corrected chi connectivity index (χ2v) is 5.68. The third kappa shape index (κ3) is 2.67. The molecule has 0 amide bonds. The van der Waals surface area contributed by atoms with Gasteiger partial charge in [-0.05, 0) is 18.4 Å². The molecule has 2 heterocycles. The molecule has 0 saturated carbocycles. The fourth-order valence-corrected chi connectivity index (χ4v) is 2.68. The van der Waals surface area contributed by atoms with Crippen LogP contribution in [0.15, 0.2) is 16.2 Å². The molecule has 1 atom stereocenters. The topological polar surface area (TPSA) is 83.0 Å². The fraction of sp³-hybridized carbons (Fsp3) is 0.300. The summed E-state index contributed by atoms with van der Waals surface area (Å²) in [5, 5.41) is 10.0. The van der Waals surface area contributed by atoms with Crippen molar-refractivity contribution in [3.63, 3.8) is 0 Å². The fourth-order valence-electron chi connectivity index (χ4n) is 1.27. The molecule has 17 heavy (non-hydrogen) atoms. The summed E-state index contributed by atoms with van der Waals surface area (Å²) in [5.74, 6) is 0.0297. The Hall–Kier alpha value is -1.34. The van der Waals surface area contributed by atoms with Gasteiger partial charge in [-0.3, -0.25) is 9.59 Å². The van der Waals surface area contributed by atoms with Crippen molar-refractivity contribution in [1.82, 2.24) is 9.97 Å². The average Bonchev–Trinajstić information content (AvgIpc) is 2.74. The zero-order chi connectivity index (χ0) is 12.4. The second kappa shape index (κ2) is 4.89. The highest BCUT2D eigenvalue weighted by Gasteiger charge is 2.12. The van der Waals surface area contributed by atoms with Gasteiger partial charge in [-0.1, -0.05) is 0 Å². The van der Waals surface area contributed by atoms with Gasteiger partial charge in [-0.15, -0.1) is 23.1 Å². The van der Waals surface area contributed by atoms with Crippen LogP contribution in [0.25, 0.3) is 10.2 Å². The Morgan fingerprint density at radius 3 is 3.18 bits per heavy atom. The van der Waals surface area contributed by atoms with Gasteiger partial charge in [-0.2, -0.15) is 0 Å². The van der Waals surface area contributed by atoms with Crippen LogP contribution in [0.1, 0.15) is 12.7 Å². The van der Waals surface area contributed by atoms with Crippen molar-refractivity contribution in [2.45, 2.75) is 17.9 Å². The van der Waals surface area contributed by atoms with Crippen molar-refractivity contribution in [1.29, 1.82) is 0 Å². The van der Waals surface area contributed by atoms with Gasteiger partial charge >= 0.3 is 5.97 Å². The molecule has 0 aliphatic heterocycles. The third-order valence-corrected chi connectivity index (χ3v) is 4.23. The standard InChI is InChI=1S/C10H10N2O3S2/c1-5(10(14)15)17-4-7-11-6-2-3-16-8(6)9(13)12-7/h2-3,5H,4H2,1H3,(H,14,15)(H,11,12,13). The average molecular weight is 270 g/mol. The molecule has 0 aromatic carbocycles. The predicted octanol–water partition coefficient (Wildman–Crippen LogP) is 1.69. The van der Waals surface area contributed by atoms with E-state index >= 15 is 0 Å². The van der Waals surface area contributed by atoms with Crippen LogP contribution in [0.2, 0.25) is 0 Å². The number of hydrogen-bond donors (Lipinski definition) is 2. The molecule has 0 fully saturated rings. The number of thioether (sulfide) groups is 1. The first kappa shape index (κ1) is 12.1. The highest BCUT2D eigenvalue weighted by atomic mass is 32.2. The van der Waals surface area contributed by atoms with Crippen LogP contribution >= 0.6 is 23.1 Å². The number of aromatic nitrogens is 2. The van der Waals surface area contributed by atoms with E-state index in [1.165, 1.54) is 23.1 Å². The number of fused-ring (bicyclic) bond motifs is 1. The third-order valence-electron chi connectivity index (χ3n) is 2.18. The van der Waals surface area contributed by atoms with E-state index in [-0.39, 0.29) is 5.56 Å². The molecule has 0 saturated heterocycles. The predicted molar refractivity (Wildman–Crippen MR) is 68.6 cm³/mol. The van der Waals surface area contributed by atoms with Gasteiger partial charge < -0.3 is 10.1 Å². The Kier molecular flexibility index (Phi) is 3.49. The SMILES string of the molecule is CC(SCc1nc2ccsc2c(=O)[nH]1)C(=O)O. The number of rotatable bonds is 4. The van der Waals surface area contributed by atoms with Crippen LogP contribution in [0.4, 0.5) is 0 Å². The van der Waals surface area contributed by atoms with Gasteiger partial charge in [0.1, 0.15) is 10.5 Å². The Balaban J connectivity index is 2.19. The molecule has 0 aliphatic carbocycles. The largest absolute Gasteiger partial charge is 0.480 e. The van der Waals surface area contributed by atoms with Crippen molar-refractivity contribution in [2.75, 3.05) is 0 Å². The molecule has 5 nitrogen and oxygen atoms in total. The van der Waals surface area contributed by atoms with E-state index in [2.05, 4.69) is 9.97 Å². The highest BCUT2D eigenvalue weighted by molar-refractivity contribution is 7.99. The lowest BCUT2D eigenvalue weighted by Gasteiger charge is -2.05. The Morgan fingerprint density at radius 1 is 1.71 bits per heavy atom. The summed E-state index contributed by atoms with van der Waals surface area (Å²) in [6.45, 7) is 1.61. The number of aromatic amines is 1. The zero-order valence-corrected chi connectivity index (χ0v) is 10.6. The Labute approximate surface area is 105 Å². The van der Waals surface area contributed by atoms with Gasteiger partial charge in [0.05, 0.1) is 16.5 Å². The smallest absolute Gasteiger partial charge is 0.316 e. The van der Waals surface area contributed by atoms with Crippen molar-refractivity contribution in [2.24, 2.45) is 0 Å². The molecule has 2 aromatic heterocycles. The molecule has 2 N–H and O–H groups in total. The quantitative estimate of drug-likeness (QED) is 0.883. The minimum atomic E-state index is -0.867. The van der Waals surface area contributed by atoms with Crippen molar-refractivity contribution < 1.29 is 9.90 Å². The molecule has 2 rings (SSSR count). The van der Waals surface area contributed by atoms with Crippen molar-refractivity contribution in [3.05, 3.63) is 27.6 Å². The number of carboxylic acid groups (broad SMARTS) is 1. The first-order valence-corrected chi connectivity index (χ1v) is 6.81. The molecule has 0 aliphatic rings. The Morgan fingerprint density at radius 2 is 2.47 bits per heavy atom. The maximum atomic E-state index is 11.6. The van der Waals surface area contributed by atoms with E-state index in [9.17, 15) is 9.59 Å². The number of carboxylic acids is 1. The summed E-state index contributed by atoms with van der Waals surface area (Å²) in [5.41, 5.74) is 0.501. The summed E-state index contributed by atoms with van der Waals surface area (Å²) in [7, 11) is 0. The highest BCUT2D eigenvalue weighted by Crippen LogP contribution is 2.18. The van der Waals surface area contributed by atoms with E-state index < -0.39 is 11.2 Å².